The first-order valence-corrected chi connectivity index (χ1v) is 8.48. The van der Waals surface area contributed by atoms with Gasteiger partial charge < -0.3 is 15.1 Å². The maximum Gasteiger partial charge on any atom is 0.317 e. The summed E-state index contributed by atoms with van der Waals surface area (Å²) < 4.78 is 0. The molecule has 0 radical (unpaired) electrons. The van der Waals surface area contributed by atoms with Crippen LogP contribution in [0, 0.1) is 12.8 Å². The van der Waals surface area contributed by atoms with E-state index >= 15 is 0 Å². The molecule has 1 fully saturated rings. The van der Waals surface area contributed by atoms with Gasteiger partial charge in [0.1, 0.15) is 0 Å². The Morgan fingerprint density at radius 2 is 2.05 bits per heavy atom. The van der Waals surface area contributed by atoms with Crippen molar-refractivity contribution in [2.75, 3.05) is 37.6 Å². The van der Waals surface area contributed by atoms with Crippen LogP contribution in [-0.4, -0.2) is 43.7 Å². The van der Waals surface area contributed by atoms with Crippen molar-refractivity contribution in [3.05, 3.63) is 29.8 Å². The zero-order valence-electron chi connectivity index (χ0n) is 14.1. The summed E-state index contributed by atoms with van der Waals surface area (Å²) in [7, 11) is 0. The van der Waals surface area contributed by atoms with E-state index < -0.39 is 0 Å². The summed E-state index contributed by atoms with van der Waals surface area (Å²) in [6, 6.07) is 8.59. The molecule has 1 aliphatic rings. The van der Waals surface area contributed by atoms with Crippen molar-refractivity contribution in [2.24, 2.45) is 5.92 Å². The summed E-state index contributed by atoms with van der Waals surface area (Å²) >= 11 is 0. The van der Waals surface area contributed by atoms with Crippen LogP contribution in [0.3, 0.4) is 0 Å². The van der Waals surface area contributed by atoms with Gasteiger partial charge in [0.2, 0.25) is 0 Å². The van der Waals surface area contributed by atoms with E-state index in [4.69, 9.17) is 0 Å². The van der Waals surface area contributed by atoms with Crippen LogP contribution in [0.15, 0.2) is 24.3 Å². The Labute approximate surface area is 134 Å². The van der Waals surface area contributed by atoms with Crippen molar-refractivity contribution in [2.45, 2.75) is 33.6 Å². The molecule has 2 amide bonds. The average Bonchev–Trinajstić information content (AvgIpc) is 3.33. The van der Waals surface area contributed by atoms with Crippen LogP contribution < -0.4 is 10.2 Å². The number of nitrogens with zero attached hydrogens (tertiary/aromatic N) is 2. The van der Waals surface area contributed by atoms with Gasteiger partial charge in [0, 0.05) is 38.4 Å². The number of likely N-dealkylation sites (N-methyl/N-ethyl adjacent to an activating group) is 1. The van der Waals surface area contributed by atoms with Crippen LogP contribution in [0.25, 0.3) is 0 Å². The quantitative estimate of drug-likeness (QED) is 0.800. The Bertz CT molecular complexity index is 485. The fourth-order valence-corrected chi connectivity index (χ4v) is 2.67. The van der Waals surface area contributed by atoms with Gasteiger partial charge in [-0.05, 0) is 57.2 Å². The number of benzene rings is 1. The third-order valence-electron chi connectivity index (χ3n) is 4.25. The van der Waals surface area contributed by atoms with Crippen molar-refractivity contribution >= 4 is 11.7 Å². The highest BCUT2D eigenvalue weighted by atomic mass is 16.2. The zero-order valence-corrected chi connectivity index (χ0v) is 14.1. The highest BCUT2D eigenvalue weighted by Crippen LogP contribution is 2.29. The van der Waals surface area contributed by atoms with Crippen molar-refractivity contribution in [3.8, 4) is 0 Å². The number of anilines is 1. The summed E-state index contributed by atoms with van der Waals surface area (Å²) in [5.74, 6) is 0.741. The van der Waals surface area contributed by atoms with Gasteiger partial charge in [0.05, 0.1) is 0 Å². The van der Waals surface area contributed by atoms with E-state index in [1.54, 1.807) is 0 Å². The molecule has 0 spiro atoms. The van der Waals surface area contributed by atoms with Crippen LogP contribution in [-0.2, 0) is 0 Å². The third-order valence-corrected chi connectivity index (χ3v) is 4.25. The molecule has 0 unspecified atom stereocenters. The molecule has 0 heterocycles. The van der Waals surface area contributed by atoms with Crippen molar-refractivity contribution in [1.29, 1.82) is 0 Å². The Kier molecular flexibility index (Phi) is 6.10. The second-order valence-corrected chi connectivity index (χ2v) is 6.13. The largest absolute Gasteiger partial charge is 0.370 e. The molecular formula is C18H29N3O. The van der Waals surface area contributed by atoms with Gasteiger partial charge >= 0.3 is 6.03 Å². The number of amides is 2. The highest BCUT2D eigenvalue weighted by molar-refractivity contribution is 5.74. The first-order valence-electron chi connectivity index (χ1n) is 8.48. The van der Waals surface area contributed by atoms with Crippen molar-refractivity contribution in [1.82, 2.24) is 10.2 Å². The Morgan fingerprint density at radius 3 is 2.64 bits per heavy atom. The molecule has 1 saturated carbocycles. The minimum absolute atomic E-state index is 0.0784. The standard InChI is InChI=1S/C18H29N3O/c1-4-20(17-8-6-7-15(3)13-17)12-11-19-18(22)21(5-2)14-16-9-10-16/h6-8,13,16H,4-5,9-12,14H2,1-3H3,(H,19,22). The minimum atomic E-state index is 0.0784. The molecule has 1 aromatic rings. The van der Waals surface area contributed by atoms with Gasteiger partial charge in [-0.3, -0.25) is 0 Å². The van der Waals surface area contributed by atoms with Gasteiger partial charge in [-0.15, -0.1) is 0 Å². The number of hydrogen-bond acceptors (Lipinski definition) is 2. The lowest BCUT2D eigenvalue weighted by Crippen LogP contribution is -2.43. The Morgan fingerprint density at radius 1 is 1.27 bits per heavy atom. The lowest BCUT2D eigenvalue weighted by Gasteiger charge is -2.25. The first kappa shape index (κ1) is 16.7. The summed E-state index contributed by atoms with van der Waals surface area (Å²) in [6.07, 6.45) is 2.56. The zero-order chi connectivity index (χ0) is 15.9. The first-order chi connectivity index (χ1) is 10.6. The van der Waals surface area contributed by atoms with Gasteiger partial charge in [-0.1, -0.05) is 12.1 Å². The van der Waals surface area contributed by atoms with E-state index in [0.29, 0.717) is 6.54 Å². The van der Waals surface area contributed by atoms with E-state index in [2.05, 4.69) is 48.3 Å². The van der Waals surface area contributed by atoms with E-state index in [1.807, 2.05) is 11.8 Å². The van der Waals surface area contributed by atoms with E-state index in [-0.39, 0.29) is 6.03 Å². The molecule has 122 valence electrons. The van der Waals surface area contributed by atoms with Crippen LogP contribution >= 0.6 is 0 Å². The smallest absolute Gasteiger partial charge is 0.317 e. The number of carbonyl (C=O) groups is 1. The monoisotopic (exact) mass is 303 g/mol. The second-order valence-electron chi connectivity index (χ2n) is 6.13. The number of aryl methyl sites for hydroxylation is 1. The Balaban J connectivity index is 1.79. The maximum absolute atomic E-state index is 12.2. The summed E-state index contributed by atoms with van der Waals surface area (Å²) in [4.78, 5) is 16.4. The number of urea groups is 1. The molecule has 0 atom stereocenters. The normalized spacial score (nSPS) is 13.8. The Hall–Kier alpha value is -1.71. The van der Waals surface area contributed by atoms with Crippen molar-refractivity contribution < 1.29 is 4.79 Å². The molecule has 1 aromatic carbocycles. The SMILES string of the molecule is CCN(CC1CC1)C(=O)NCCN(CC)c1cccc(C)c1. The number of carbonyl (C=O) groups excluding carboxylic acids is 1. The lowest BCUT2D eigenvalue weighted by molar-refractivity contribution is 0.198. The minimum Gasteiger partial charge on any atom is -0.370 e. The molecule has 1 aliphatic carbocycles. The molecule has 0 aliphatic heterocycles. The predicted octanol–water partition coefficient (Wildman–Crippen LogP) is 3.26. The maximum atomic E-state index is 12.2. The number of nitrogens with one attached hydrogen (secondary N) is 1. The van der Waals surface area contributed by atoms with Crippen LogP contribution in [0.1, 0.15) is 32.3 Å². The van der Waals surface area contributed by atoms with Gasteiger partial charge in [0.25, 0.3) is 0 Å². The number of rotatable bonds is 8. The number of hydrogen-bond donors (Lipinski definition) is 1. The van der Waals surface area contributed by atoms with E-state index in [9.17, 15) is 4.79 Å². The summed E-state index contributed by atoms with van der Waals surface area (Å²) in [6.45, 7) is 10.5. The predicted molar refractivity (Wildman–Crippen MR) is 92.4 cm³/mol. The molecule has 4 heteroatoms. The third kappa shape index (κ3) is 4.93. The van der Waals surface area contributed by atoms with Crippen molar-refractivity contribution in [3.63, 3.8) is 0 Å². The van der Waals surface area contributed by atoms with Crippen LogP contribution in [0.5, 0.6) is 0 Å². The molecule has 0 aromatic heterocycles. The highest BCUT2D eigenvalue weighted by Gasteiger charge is 2.25. The van der Waals surface area contributed by atoms with Gasteiger partial charge in [0.15, 0.2) is 0 Å². The van der Waals surface area contributed by atoms with Gasteiger partial charge in [-0.2, -0.15) is 0 Å². The molecule has 1 N–H and O–H groups in total. The molecular weight excluding hydrogens is 274 g/mol. The topological polar surface area (TPSA) is 35.6 Å². The fourth-order valence-electron chi connectivity index (χ4n) is 2.67. The van der Waals surface area contributed by atoms with Crippen LogP contribution in [0.2, 0.25) is 0 Å². The average molecular weight is 303 g/mol. The molecule has 0 bridgehead atoms. The van der Waals surface area contributed by atoms with E-state index in [0.717, 1.165) is 32.1 Å². The molecule has 22 heavy (non-hydrogen) atoms. The fraction of sp³-hybridized carbons (Fsp3) is 0.611. The summed E-state index contributed by atoms with van der Waals surface area (Å²) in [5, 5.41) is 3.06. The summed E-state index contributed by atoms with van der Waals surface area (Å²) in [5.41, 5.74) is 2.49. The lowest BCUT2D eigenvalue weighted by atomic mass is 10.2. The molecule has 2 rings (SSSR count). The van der Waals surface area contributed by atoms with Crippen LogP contribution in [0.4, 0.5) is 10.5 Å². The molecule has 0 saturated heterocycles. The van der Waals surface area contributed by atoms with Gasteiger partial charge in [-0.25, -0.2) is 4.79 Å². The van der Waals surface area contributed by atoms with E-state index in [1.165, 1.54) is 24.1 Å². The second kappa shape index (κ2) is 8.06. The molecule has 4 nitrogen and oxygen atoms in total.